The molecule has 1 N–H and O–H groups in total. The Morgan fingerprint density at radius 3 is 3.13 bits per heavy atom. The van der Waals surface area contributed by atoms with Gasteiger partial charge in [-0.2, -0.15) is 0 Å². The van der Waals surface area contributed by atoms with Gasteiger partial charge >= 0.3 is 0 Å². The van der Waals surface area contributed by atoms with Gasteiger partial charge in [0.2, 0.25) is 0 Å². The Morgan fingerprint density at radius 1 is 1.67 bits per heavy atom. The summed E-state index contributed by atoms with van der Waals surface area (Å²) >= 11 is 5.65. The van der Waals surface area contributed by atoms with E-state index in [1.54, 1.807) is 0 Å². The van der Waals surface area contributed by atoms with Crippen molar-refractivity contribution in [2.75, 3.05) is 24.5 Å². The minimum atomic E-state index is -0.350. The van der Waals surface area contributed by atoms with E-state index >= 15 is 0 Å². The van der Waals surface area contributed by atoms with Crippen molar-refractivity contribution >= 4 is 17.4 Å². The van der Waals surface area contributed by atoms with Gasteiger partial charge in [0.15, 0.2) is 11.6 Å². The van der Waals surface area contributed by atoms with Crippen molar-refractivity contribution in [2.45, 2.75) is 13.0 Å². The van der Waals surface area contributed by atoms with Crippen LogP contribution >= 0.6 is 11.6 Å². The Bertz CT molecular complexity index is 359. The number of pyridine rings is 1. The predicted octanol–water partition coefficient (Wildman–Crippen LogP) is 1.67. The van der Waals surface area contributed by atoms with Crippen LogP contribution in [0.25, 0.3) is 0 Å². The molecule has 1 fully saturated rings. The average Bonchev–Trinajstić information content (AvgIpc) is 2.17. The minimum absolute atomic E-state index is 0.333. The third-order valence-electron chi connectivity index (χ3n) is 2.46. The zero-order chi connectivity index (χ0) is 10.8. The van der Waals surface area contributed by atoms with E-state index in [0.29, 0.717) is 16.9 Å². The number of rotatable bonds is 1. The molecule has 1 aromatic rings. The summed E-state index contributed by atoms with van der Waals surface area (Å²) in [5.74, 6) is 0.0457. The van der Waals surface area contributed by atoms with Crippen molar-refractivity contribution < 1.29 is 4.39 Å². The van der Waals surface area contributed by atoms with Crippen LogP contribution in [0.5, 0.6) is 0 Å². The SMILES string of the molecule is C[C@@H]1CN(c2ncc(Cl)cc2F)CCN1. The number of piperazine rings is 1. The van der Waals surface area contributed by atoms with E-state index in [-0.39, 0.29) is 5.82 Å². The number of hydrogen-bond donors (Lipinski definition) is 1. The van der Waals surface area contributed by atoms with Crippen LogP contribution in [0, 0.1) is 5.82 Å². The lowest BCUT2D eigenvalue weighted by Gasteiger charge is -2.32. The van der Waals surface area contributed by atoms with Crippen LogP contribution in [0.15, 0.2) is 12.3 Å². The molecule has 5 heteroatoms. The van der Waals surface area contributed by atoms with Gasteiger partial charge in [0.05, 0.1) is 5.02 Å². The molecule has 0 saturated carbocycles. The minimum Gasteiger partial charge on any atom is -0.351 e. The molecule has 0 bridgehead atoms. The molecule has 2 rings (SSSR count). The van der Waals surface area contributed by atoms with E-state index in [4.69, 9.17) is 11.6 Å². The molecule has 1 aliphatic rings. The summed E-state index contributed by atoms with van der Waals surface area (Å²) in [5, 5.41) is 3.63. The van der Waals surface area contributed by atoms with Gasteiger partial charge in [-0.15, -0.1) is 0 Å². The molecule has 0 unspecified atom stereocenters. The second-order valence-electron chi connectivity index (χ2n) is 3.76. The molecule has 0 amide bonds. The molecule has 0 aliphatic carbocycles. The van der Waals surface area contributed by atoms with E-state index in [2.05, 4.69) is 17.2 Å². The number of hydrogen-bond acceptors (Lipinski definition) is 3. The molecule has 1 atom stereocenters. The Morgan fingerprint density at radius 2 is 2.47 bits per heavy atom. The van der Waals surface area contributed by atoms with E-state index < -0.39 is 0 Å². The van der Waals surface area contributed by atoms with E-state index in [9.17, 15) is 4.39 Å². The number of aromatic nitrogens is 1. The molecule has 1 aliphatic heterocycles. The van der Waals surface area contributed by atoms with Gasteiger partial charge < -0.3 is 10.2 Å². The monoisotopic (exact) mass is 229 g/mol. The maximum atomic E-state index is 13.6. The summed E-state index contributed by atoms with van der Waals surface area (Å²) in [4.78, 5) is 5.96. The molecule has 1 aromatic heterocycles. The zero-order valence-electron chi connectivity index (χ0n) is 8.50. The number of halogens is 2. The highest BCUT2D eigenvalue weighted by molar-refractivity contribution is 6.30. The maximum Gasteiger partial charge on any atom is 0.167 e. The summed E-state index contributed by atoms with van der Waals surface area (Å²) in [5.41, 5.74) is 0. The summed E-state index contributed by atoms with van der Waals surface area (Å²) in [6.07, 6.45) is 1.48. The van der Waals surface area contributed by atoms with Crippen molar-refractivity contribution in [1.29, 1.82) is 0 Å². The van der Waals surface area contributed by atoms with Crippen molar-refractivity contribution in [3.05, 3.63) is 23.1 Å². The van der Waals surface area contributed by atoms with Crippen molar-refractivity contribution in [1.82, 2.24) is 10.3 Å². The number of anilines is 1. The standard InChI is InChI=1S/C10H13ClFN3/c1-7-6-15(3-2-13-7)10-9(12)4-8(11)5-14-10/h4-5,7,13H,2-3,6H2,1H3/t7-/m1/s1. The van der Waals surface area contributed by atoms with Crippen LogP contribution in [0.1, 0.15) is 6.92 Å². The second-order valence-corrected chi connectivity index (χ2v) is 4.20. The van der Waals surface area contributed by atoms with Gasteiger partial charge in [-0.3, -0.25) is 0 Å². The van der Waals surface area contributed by atoms with Crippen molar-refractivity contribution in [3.8, 4) is 0 Å². The number of nitrogens with one attached hydrogen (secondary N) is 1. The summed E-state index contributed by atoms with van der Waals surface area (Å²) in [7, 11) is 0. The first-order chi connectivity index (χ1) is 7.16. The summed E-state index contributed by atoms with van der Waals surface area (Å²) in [6, 6.07) is 1.66. The zero-order valence-corrected chi connectivity index (χ0v) is 9.26. The Hall–Kier alpha value is -0.870. The molecular formula is C10H13ClFN3. The summed E-state index contributed by atoms with van der Waals surface area (Å²) < 4.78 is 13.6. The molecule has 1 saturated heterocycles. The molecule has 3 nitrogen and oxygen atoms in total. The fourth-order valence-electron chi connectivity index (χ4n) is 1.76. The fraction of sp³-hybridized carbons (Fsp3) is 0.500. The third kappa shape index (κ3) is 2.38. The first-order valence-corrected chi connectivity index (χ1v) is 5.34. The molecule has 2 heterocycles. The van der Waals surface area contributed by atoms with Crippen LogP contribution in [0.2, 0.25) is 5.02 Å². The van der Waals surface area contributed by atoms with E-state index in [1.165, 1.54) is 12.3 Å². The lowest BCUT2D eigenvalue weighted by Crippen LogP contribution is -2.49. The molecule has 0 aromatic carbocycles. The Kier molecular flexibility index (Phi) is 3.07. The maximum absolute atomic E-state index is 13.6. The topological polar surface area (TPSA) is 28.2 Å². The quantitative estimate of drug-likeness (QED) is 0.794. The highest BCUT2D eigenvalue weighted by Gasteiger charge is 2.19. The number of nitrogens with zero attached hydrogens (tertiary/aromatic N) is 2. The van der Waals surface area contributed by atoms with E-state index in [0.717, 1.165) is 19.6 Å². The van der Waals surface area contributed by atoms with Crippen LogP contribution in [0.3, 0.4) is 0 Å². The molecular weight excluding hydrogens is 217 g/mol. The predicted molar refractivity (Wildman–Crippen MR) is 58.9 cm³/mol. The van der Waals surface area contributed by atoms with Gasteiger partial charge in [0.25, 0.3) is 0 Å². The lowest BCUT2D eigenvalue weighted by atomic mass is 10.2. The first-order valence-electron chi connectivity index (χ1n) is 4.96. The van der Waals surface area contributed by atoms with Gasteiger partial charge in [-0.1, -0.05) is 11.6 Å². The van der Waals surface area contributed by atoms with E-state index in [1.807, 2.05) is 4.90 Å². The summed E-state index contributed by atoms with van der Waals surface area (Å²) in [6.45, 7) is 4.46. The van der Waals surface area contributed by atoms with Crippen molar-refractivity contribution in [3.63, 3.8) is 0 Å². The largest absolute Gasteiger partial charge is 0.351 e. The first kappa shape index (κ1) is 10.6. The lowest BCUT2D eigenvalue weighted by molar-refractivity contribution is 0.475. The highest BCUT2D eigenvalue weighted by atomic mass is 35.5. The molecule has 0 spiro atoms. The normalized spacial score (nSPS) is 21.8. The van der Waals surface area contributed by atoms with Crippen LogP contribution in [0.4, 0.5) is 10.2 Å². The van der Waals surface area contributed by atoms with Gasteiger partial charge in [0.1, 0.15) is 0 Å². The van der Waals surface area contributed by atoms with Crippen molar-refractivity contribution in [2.24, 2.45) is 0 Å². The average molecular weight is 230 g/mol. The molecule has 15 heavy (non-hydrogen) atoms. The van der Waals surface area contributed by atoms with Gasteiger partial charge in [0, 0.05) is 31.9 Å². The van der Waals surface area contributed by atoms with Crippen LogP contribution in [-0.4, -0.2) is 30.7 Å². The molecule has 0 radical (unpaired) electrons. The second kappa shape index (κ2) is 4.33. The van der Waals surface area contributed by atoms with Crippen LogP contribution in [-0.2, 0) is 0 Å². The third-order valence-corrected chi connectivity index (χ3v) is 2.66. The molecule has 82 valence electrons. The van der Waals surface area contributed by atoms with Gasteiger partial charge in [-0.25, -0.2) is 9.37 Å². The Balaban J connectivity index is 2.21. The smallest absolute Gasteiger partial charge is 0.167 e. The van der Waals surface area contributed by atoms with Crippen LogP contribution < -0.4 is 10.2 Å². The fourth-order valence-corrected chi connectivity index (χ4v) is 1.91. The Labute approximate surface area is 93.2 Å². The van der Waals surface area contributed by atoms with Gasteiger partial charge in [-0.05, 0) is 13.0 Å². The highest BCUT2D eigenvalue weighted by Crippen LogP contribution is 2.20.